The number of likely N-dealkylation sites (tertiary alicyclic amines) is 1. The predicted molar refractivity (Wildman–Crippen MR) is 242 cm³/mol. The summed E-state index contributed by atoms with van der Waals surface area (Å²) in [6, 6.07) is -0.143. The highest BCUT2D eigenvalue weighted by Gasteiger charge is 2.66. The van der Waals surface area contributed by atoms with E-state index in [1.807, 2.05) is 30.8 Å². The second kappa shape index (κ2) is 20.9. The summed E-state index contributed by atoms with van der Waals surface area (Å²) >= 11 is 6.55. The van der Waals surface area contributed by atoms with Gasteiger partial charge in [0.15, 0.2) is 0 Å². The van der Waals surface area contributed by atoms with E-state index in [0.717, 1.165) is 42.4 Å². The third kappa shape index (κ3) is 11.4. The van der Waals surface area contributed by atoms with Gasteiger partial charge in [-0.3, -0.25) is 33.4 Å². The van der Waals surface area contributed by atoms with E-state index in [9.17, 15) is 46.3 Å². The second-order valence-electron chi connectivity index (χ2n) is 20.0. The molecular weight excluding hydrogens is 896 g/mol. The molecule has 1 aromatic carbocycles. The van der Waals surface area contributed by atoms with E-state index in [-0.39, 0.29) is 43.4 Å². The van der Waals surface area contributed by atoms with Crippen LogP contribution >= 0.6 is 11.6 Å². The molecule has 2 aromatic rings. The fourth-order valence-corrected chi connectivity index (χ4v) is 10.1. The lowest BCUT2D eigenvalue weighted by atomic mass is 9.67. The molecule has 3 saturated carbocycles. The molecule has 2 aliphatic heterocycles. The Hall–Kier alpha value is -4.74. The van der Waals surface area contributed by atoms with Crippen LogP contribution in [0.2, 0.25) is 5.02 Å². The number of nitrogens with zero attached hydrogens (tertiary/aromatic N) is 5. The van der Waals surface area contributed by atoms with Crippen LogP contribution in [0.25, 0.3) is 11.1 Å². The van der Waals surface area contributed by atoms with Gasteiger partial charge in [0, 0.05) is 50.3 Å². The number of halogens is 5. The number of nitrogens with one attached hydrogen (secondary N) is 3. The Morgan fingerprint density at radius 1 is 0.985 bits per heavy atom. The van der Waals surface area contributed by atoms with Gasteiger partial charge in [-0.15, -0.1) is 0 Å². The molecule has 14 nitrogen and oxygen atoms in total. The molecule has 7 rings (SSSR count). The molecule has 368 valence electrons. The van der Waals surface area contributed by atoms with Crippen LogP contribution in [-0.4, -0.2) is 130 Å². The average molecular weight is 962 g/mol. The standard InChI is InChI=1S/C48H65ClF4N8O6/c1-28(2)21-36-44(65)59(4)38(23-30-22-32(49)14-17-35(30)31-25-55-61(26-31)34-15-16-34)41(62)54-20-9-7-5-6-8-11-37(42(63)56-36)58(3)45(66)40(29-12-13-29)57-43(64)39-24-33(50)27-60(39)46(67)47(18-10-19-47)48(51,52)53/h14,17,22,25-26,28-29,33-34,36-40H,5-13,15-16,18-21,23-24,27H2,1-4H3,(H,54,62)(H,56,63)(H,57,64)/t33-,36+,37+,38+,39+,40+/m1/s1. The molecule has 67 heavy (non-hydrogen) atoms. The van der Waals surface area contributed by atoms with Crippen molar-refractivity contribution in [3.8, 4) is 11.1 Å². The molecule has 0 unspecified atom stereocenters. The van der Waals surface area contributed by atoms with Crippen LogP contribution in [-0.2, 0) is 35.2 Å². The first kappa shape index (κ1) is 50.1. The quantitative estimate of drug-likeness (QED) is 0.210. The molecule has 0 bridgehead atoms. The third-order valence-corrected chi connectivity index (χ3v) is 14.7. The first-order valence-corrected chi connectivity index (χ1v) is 24.4. The highest BCUT2D eigenvalue weighted by molar-refractivity contribution is 6.30. The van der Waals surface area contributed by atoms with Gasteiger partial charge < -0.3 is 30.7 Å². The van der Waals surface area contributed by atoms with E-state index in [2.05, 4.69) is 21.0 Å². The summed E-state index contributed by atoms with van der Waals surface area (Å²) in [6.45, 7) is 3.52. The molecule has 6 amide bonds. The summed E-state index contributed by atoms with van der Waals surface area (Å²) in [5, 5.41) is 13.7. The van der Waals surface area contributed by atoms with Gasteiger partial charge in [-0.1, -0.05) is 63.6 Å². The number of rotatable bonds is 12. The second-order valence-corrected chi connectivity index (χ2v) is 20.4. The molecule has 2 saturated heterocycles. The zero-order valence-corrected chi connectivity index (χ0v) is 39.6. The van der Waals surface area contributed by atoms with Crippen molar-refractivity contribution < 1.29 is 46.3 Å². The average Bonchev–Trinajstić information content (AvgIpc) is 4.19. The van der Waals surface area contributed by atoms with E-state index in [4.69, 9.17) is 11.6 Å². The van der Waals surface area contributed by atoms with Crippen LogP contribution in [0, 0.1) is 17.3 Å². The molecule has 0 radical (unpaired) electrons. The summed E-state index contributed by atoms with van der Waals surface area (Å²) in [7, 11) is 2.99. The minimum atomic E-state index is -4.87. The summed E-state index contributed by atoms with van der Waals surface area (Å²) in [5.74, 6) is -4.78. The fourth-order valence-electron chi connectivity index (χ4n) is 9.94. The zero-order chi connectivity index (χ0) is 48.4. The Kier molecular flexibility index (Phi) is 15.6. The number of alkyl halides is 4. The maximum atomic E-state index is 14.9. The number of carbonyl (C=O) groups excluding carboxylic acids is 6. The number of hydrogen-bond donors (Lipinski definition) is 3. The SMILES string of the molecule is CC(C)C[C@@H]1NC(=O)[C@@H](N(C)C(=O)[C@@H](NC(=O)[C@@H]2C[C@@H](F)CN2C(=O)C2(C(F)(F)F)CCC2)C2CC2)CCCCCCCNC(=O)[C@H](Cc2cc(Cl)ccc2-c2cnn(C3CC3)c2)N(C)C1=O. The molecule has 3 N–H and O–H groups in total. The summed E-state index contributed by atoms with van der Waals surface area (Å²) in [6.07, 6.45) is 3.13. The Morgan fingerprint density at radius 3 is 2.33 bits per heavy atom. The van der Waals surface area contributed by atoms with Crippen molar-refractivity contribution in [1.82, 2.24) is 40.4 Å². The van der Waals surface area contributed by atoms with E-state index in [1.54, 1.807) is 25.4 Å². The van der Waals surface area contributed by atoms with Crippen LogP contribution in [0.3, 0.4) is 0 Å². The molecule has 5 aliphatic rings. The molecular formula is C48H65ClF4N8O6. The summed E-state index contributed by atoms with van der Waals surface area (Å²) in [5.41, 5.74) is -0.258. The lowest BCUT2D eigenvalue weighted by Gasteiger charge is -2.44. The number of carbonyl (C=O) groups is 6. The van der Waals surface area contributed by atoms with E-state index < -0.39 is 103 Å². The zero-order valence-electron chi connectivity index (χ0n) is 38.9. The van der Waals surface area contributed by atoms with Crippen molar-refractivity contribution in [2.75, 3.05) is 27.2 Å². The smallest absolute Gasteiger partial charge is 0.354 e. The maximum absolute atomic E-state index is 14.9. The monoisotopic (exact) mass is 960 g/mol. The summed E-state index contributed by atoms with van der Waals surface area (Å²) < 4.78 is 59.4. The van der Waals surface area contributed by atoms with E-state index in [1.165, 1.54) is 16.8 Å². The van der Waals surface area contributed by atoms with Crippen molar-refractivity contribution >= 4 is 47.0 Å². The molecule has 3 aliphatic carbocycles. The lowest BCUT2D eigenvalue weighted by Crippen LogP contribution is -2.61. The molecule has 0 spiro atoms. The minimum Gasteiger partial charge on any atom is -0.354 e. The van der Waals surface area contributed by atoms with Gasteiger partial charge in [0.2, 0.25) is 35.4 Å². The Balaban J connectivity index is 1.11. The largest absolute Gasteiger partial charge is 0.403 e. The fraction of sp³-hybridized carbons (Fsp3) is 0.688. The molecule has 5 fully saturated rings. The van der Waals surface area contributed by atoms with Gasteiger partial charge in [0.1, 0.15) is 41.8 Å². The van der Waals surface area contributed by atoms with Gasteiger partial charge in [-0.2, -0.15) is 18.3 Å². The normalized spacial score (nSPS) is 26.1. The molecule has 3 heterocycles. The van der Waals surface area contributed by atoms with Crippen LogP contribution in [0.5, 0.6) is 0 Å². The minimum absolute atomic E-state index is 0.0865. The highest BCUT2D eigenvalue weighted by Crippen LogP contribution is 2.55. The molecule has 19 heteroatoms. The van der Waals surface area contributed by atoms with Crippen molar-refractivity contribution in [2.45, 2.75) is 165 Å². The van der Waals surface area contributed by atoms with Gasteiger partial charge in [0.25, 0.3) is 0 Å². The Bertz CT molecular complexity index is 2160. The number of likely N-dealkylation sites (N-methyl/N-ethyl adjacent to an activating group) is 2. The van der Waals surface area contributed by atoms with Crippen LogP contribution < -0.4 is 16.0 Å². The first-order valence-electron chi connectivity index (χ1n) is 24.1. The first-order chi connectivity index (χ1) is 31.8. The molecule has 6 atom stereocenters. The van der Waals surface area contributed by atoms with Crippen molar-refractivity contribution in [3.63, 3.8) is 0 Å². The van der Waals surface area contributed by atoms with Gasteiger partial charge in [-0.25, -0.2) is 4.39 Å². The molecule has 1 aromatic heterocycles. The Labute approximate surface area is 394 Å². The third-order valence-electron chi connectivity index (χ3n) is 14.5. The Morgan fingerprint density at radius 2 is 1.69 bits per heavy atom. The van der Waals surface area contributed by atoms with Crippen molar-refractivity contribution in [3.05, 3.63) is 41.2 Å². The highest BCUT2D eigenvalue weighted by atomic mass is 35.5. The number of benzene rings is 1. The van der Waals surface area contributed by atoms with Crippen molar-refractivity contribution in [1.29, 1.82) is 0 Å². The van der Waals surface area contributed by atoms with Gasteiger partial charge in [0.05, 0.1) is 18.8 Å². The topological polar surface area (TPSA) is 166 Å². The van der Waals surface area contributed by atoms with E-state index in [0.29, 0.717) is 54.6 Å². The van der Waals surface area contributed by atoms with Crippen LogP contribution in [0.1, 0.15) is 122 Å². The van der Waals surface area contributed by atoms with Crippen molar-refractivity contribution in [2.24, 2.45) is 17.3 Å². The van der Waals surface area contributed by atoms with Crippen LogP contribution in [0.4, 0.5) is 17.6 Å². The predicted octanol–water partition coefficient (Wildman–Crippen LogP) is 6.30. The summed E-state index contributed by atoms with van der Waals surface area (Å²) in [4.78, 5) is 88.7. The maximum Gasteiger partial charge on any atom is 0.403 e. The number of amides is 6. The van der Waals surface area contributed by atoms with Crippen LogP contribution in [0.15, 0.2) is 30.6 Å². The van der Waals surface area contributed by atoms with Gasteiger partial charge >= 0.3 is 6.18 Å². The number of aromatic nitrogens is 2. The van der Waals surface area contributed by atoms with E-state index >= 15 is 0 Å². The lowest BCUT2D eigenvalue weighted by molar-refractivity contribution is -0.248. The van der Waals surface area contributed by atoms with Gasteiger partial charge in [-0.05, 0) is 92.9 Å². The number of hydrogen-bond acceptors (Lipinski definition) is 7.